The van der Waals surface area contributed by atoms with Gasteiger partial charge in [-0.1, -0.05) is 214 Å². The highest BCUT2D eigenvalue weighted by Gasteiger charge is 2.19. The van der Waals surface area contributed by atoms with Crippen LogP contribution in [0.2, 0.25) is 0 Å². The second-order valence-electron chi connectivity index (χ2n) is 17.1. The Labute approximate surface area is 394 Å². The van der Waals surface area contributed by atoms with E-state index in [0.29, 0.717) is 19.3 Å². The van der Waals surface area contributed by atoms with Gasteiger partial charge in [0, 0.05) is 19.3 Å². The largest absolute Gasteiger partial charge is 0.462 e. The van der Waals surface area contributed by atoms with Gasteiger partial charge in [0.05, 0.1) is 0 Å². The second kappa shape index (κ2) is 52.0. The van der Waals surface area contributed by atoms with Gasteiger partial charge in [0.25, 0.3) is 0 Å². The van der Waals surface area contributed by atoms with Crippen LogP contribution in [0.4, 0.5) is 0 Å². The van der Waals surface area contributed by atoms with E-state index < -0.39 is 6.10 Å². The summed E-state index contributed by atoms with van der Waals surface area (Å²) in [6.45, 7) is 6.43. The lowest BCUT2D eigenvalue weighted by atomic mass is 10.1. The van der Waals surface area contributed by atoms with E-state index in [0.717, 1.165) is 103 Å². The Bertz CT molecular complexity index is 1300. The Morgan fingerprint density at radius 2 is 0.625 bits per heavy atom. The highest BCUT2D eigenvalue weighted by Crippen LogP contribution is 2.13. The van der Waals surface area contributed by atoms with Crippen molar-refractivity contribution in [2.75, 3.05) is 13.2 Å². The summed E-state index contributed by atoms with van der Waals surface area (Å²) >= 11 is 0. The molecule has 0 N–H and O–H groups in total. The molecule has 0 radical (unpaired) electrons. The smallest absolute Gasteiger partial charge is 0.306 e. The maximum Gasteiger partial charge on any atom is 0.306 e. The highest BCUT2D eigenvalue weighted by atomic mass is 16.6. The van der Waals surface area contributed by atoms with Crippen LogP contribution < -0.4 is 0 Å². The van der Waals surface area contributed by atoms with Crippen molar-refractivity contribution in [3.63, 3.8) is 0 Å². The zero-order valence-corrected chi connectivity index (χ0v) is 41.5. The maximum absolute atomic E-state index is 12.8. The molecule has 0 heterocycles. The molecule has 0 saturated carbocycles. The van der Waals surface area contributed by atoms with Crippen molar-refractivity contribution >= 4 is 17.9 Å². The van der Waals surface area contributed by atoms with Gasteiger partial charge in [-0.05, 0) is 96.3 Å². The fraction of sp³-hybridized carbons (Fsp3) is 0.672. The number of unbranched alkanes of at least 4 members (excludes halogenated alkanes) is 19. The van der Waals surface area contributed by atoms with Gasteiger partial charge in [-0.3, -0.25) is 14.4 Å². The van der Waals surface area contributed by atoms with E-state index in [-0.39, 0.29) is 37.5 Å². The number of allylic oxidation sites excluding steroid dienone is 16. The molecule has 64 heavy (non-hydrogen) atoms. The minimum absolute atomic E-state index is 0.0981. The van der Waals surface area contributed by atoms with Gasteiger partial charge in [-0.15, -0.1) is 0 Å². The molecule has 1 unspecified atom stereocenters. The summed E-state index contributed by atoms with van der Waals surface area (Å²) in [5, 5.41) is 0. The highest BCUT2D eigenvalue weighted by molar-refractivity contribution is 5.71. The number of esters is 3. The van der Waals surface area contributed by atoms with Crippen molar-refractivity contribution in [1.82, 2.24) is 0 Å². The van der Waals surface area contributed by atoms with E-state index in [9.17, 15) is 14.4 Å². The molecular weight excluding hydrogens is 793 g/mol. The molecule has 0 aliphatic carbocycles. The average molecular weight is 889 g/mol. The molecule has 6 nitrogen and oxygen atoms in total. The summed E-state index contributed by atoms with van der Waals surface area (Å²) < 4.78 is 16.7. The van der Waals surface area contributed by atoms with Crippen LogP contribution in [0.25, 0.3) is 0 Å². The van der Waals surface area contributed by atoms with Gasteiger partial charge in [-0.2, -0.15) is 0 Å². The minimum Gasteiger partial charge on any atom is -0.462 e. The van der Waals surface area contributed by atoms with Crippen molar-refractivity contribution in [2.45, 2.75) is 239 Å². The van der Waals surface area contributed by atoms with Gasteiger partial charge in [0.15, 0.2) is 6.10 Å². The quantitative estimate of drug-likeness (QED) is 0.0262. The van der Waals surface area contributed by atoms with E-state index in [1.54, 1.807) is 0 Å². The average Bonchev–Trinajstić information content (AvgIpc) is 3.29. The van der Waals surface area contributed by atoms with Crippen LogP contribution in [-0.4, -0.2) is 37.2 Å². The van der Waals surface area contributed by atoms with Gasteiger partial charge < -0.3 is 14.2 Å². The number of hydrogen-bond acceptors (Lipinski definition) is 6. The Kier molecular flexibility index (Phi) is 49.0. The molecule has 0 amide bonds. The SMILES string of the molecule is CC/C=C\C/C=C\C/C=C\C/C=C\C/C=C\C/C=C\C/C=C\CCCC(=O)OCC(COC(=O)CCCCCCCCCCCC)OC(=O)CCCCCCC/C=C\CCCCCC. The third-order valence-corrected chi connectivity index (χ3v) is 10.8. The van der Waals surface area contributed by atoms with Gasteiger partial charge in [-0.25, -0.2) is 0 Å². The van der Waals surface area contributed by atoms with Crippen LogP contribution in [0.5, 0.6) is 0 Å². The third-order valence-electron chi connectivity index (χ3n) is 10.8. The fourth-order valence-electron chi connectivity index (χ4n) is 6.90. The molecule has 0 aliphatic heterocycles. The monoisotopic (exact) mass is 889 g/mol. The molecule has 0 fully saturated rings. The van der Waals surface area contributed by atoms with Crippen LogP contribution in [0, 0.1) is 0 Å². The van der Waals surface area contributed by atoms with Crippen molar-refractivity contribution in [3.8, 4) is 0 Å². The summed E-state index contributed by atoms with van der Waals surface area (Å²) in [5.41, 5.74) is 0. The van der Waals surface area contributed by atoms with Gasteiger partial charge in [0.1, 0.15) is 13.2 Å². The molecule has 0 saturated heterocycles. The molecule has 0 bridgehead atoms. The van der Waals surface area contributed by atoms with Crippen molar-refractivity contribution in [2.24, 2.45) is 0 Å². The predicted molar refractivity (Wildman–Crippen MR) is 274 cm³/mol. The lowest BCUT2D eigenvalue weighted by molar-refractivity contribution is -0.167. The second-order valence-corrected chi connectivity index (χ2v) is 17.1. The van der Waals surface area contributed by atoms with Crippen LogP contribution in [-0.2, 0) is 28.6 Å². The van der Waals surface area contributed by atoms with Crippen LogP contribution >= 0.6 is 0 Å². The Morgan fingerprint density at radius 3 is 1.05 bits per heavy atom. The molecule has 0 aromatic carbocycles. The molecule has 6 heteroatoms. The predicted octanol–water partition coefficient (Wildman–Crippen LogP) is 17.4. The van der Waals surface area contributed by atoms with E-state index >= 15 is 0 Å². The topological polar surface area (TPSA) is 78.9 Å². The fourth-order valence-corrected chi connectivity index (χ4v) is 6.90. The molecule has 0 rings (SSSR count). The van der Waals surface area contributed by atoms with Crippen LogP contribution in [0.1, 0.15) is 233 Å². The molecular formula is C58H96O6. The van der Waals surface area contributed by atoms with Crippen molar-refractivity contribution in [1.29, 1.82) is 0 Å². The molecule has 364 valence electrons. The normalized spacial score (nSPS) is 12.9. The first kappa shape index (κ1) is 60.3. The lowest BCUT2D eigenvalue weighted by Gasteiger charge is -2.18. The Balaban J connectivity index is 4.43. The minimum atomic E-state index is -0.803. The Hall–Kier alpha value is -3.67. The van der Waals surface area contributed by atoms with Gasteiger partial charge in [0.2, 0.25) is 0 Å². The summed E-state index contributed by atoms with van der Waals surface area (Å²) in [5.74, 6) is -0.974. The van der Waals surface area contributed by atoms with Crippen molar-refractivity contribution < 1.29 is 28.6 Å². The van der Waals surface area contributed by atoms with E-state index in [1.807, 2.05) is 0 Å². The van der Waals surface area contributed by atoms with Crippen LogP contribution in [0.3, 0.4) is 0 Å². The zero-order valence-electron chi connectivity index (χ0n) is 41.5. The number of hydrogen-bond donors (Lipinski definition) is 0. The maximum atomic E-state index is 12.8. The molecule has 0 spiro atoms. The van der Waals surface area contributed by atoms with E-state index in [2.05, 4.69) is 118 Å². The van der Waals surface area contributed by atoms with Gasteiger partial charge >= 0.3 is 17.9 Å². The summed E-state index contributed by atoms with van der Waals surface area (Å²) in [6, 6.07) is 0. The number of rotatable bonds is 46. The summed E-state index contributed by atoms with van der Waals surface area (Å²) in [6.07, 6.45) is 68.3. The first-order valence-corrected chi connectivity index (χ1v) is 26.2. The lowest BCUT2D eigenvalue weighted by Crippen LogP contribution is -2.30. The van der Waals surface area contributed by atoms with E-state index in [1.165, 1.54) is 83.5 Å². The van der Waals surface area contributed by atoms with Crippen LogP contribution in [0.15, 0.2) is 97.2 Å². The first-order valence-electron chi connectivity index (χ1n) is 26.2. The number of carbonyl (C=O) groups is 3. The Morgan fingerprint density at radius 1 is 0.328 bits per heavy atom. The molecule has 0 aliphatic rings. The molecule has 0 aromatic rings. The first-order chi connectivity index (χ1) is 31.5. The van der Waals surface area contributed by atoms with E-state index in [4.69, 9.17) is 14.2 Å². The summed E-state index contributed by atoms with van der Waals surface area (Å²) in [7, 11) is 0. The third kappa shape index (κ3) is 49.3. The molecule has 1 atom stereocenters. The standard InChI is InChI=1S/C58H96O6/c1-4-7-10-13-16-19-22-24-25-26-27-28-29-30-31-32-33-35-36-39-42-45-48-51-57(60)63-54-55(53-62-56(59)50-47-44-41-38-21-18-15-12-9-6-3)64-58(61)52-49-46-43-40-37-34-23-20-17-14-11-8-5-2/h7,10,16,19-20,23-25,27-28,30-31,33,35,39,42,55H,4-6,8-9,11-15,17-18,21-22,26,29,32,34,36-38,40-41,43-54H2,1-3H3/b10-7-,19-16-,23-20-,25-24-,28-27-,31-30-,35-33-,42-39-. The molecule has 0 aromatic heterocycles. The number of carbonyl (C=O) groups excluding carboxylic acids is 3. The summed E-state index contributed by atoms with van der Waals surface area (Å²) in [4.78, 5) is 37.9. The number of ether oxygens (including phenoxy) is 3. The van der Waals surface area contributed by atoms with Crippen molar-refractivity contribution in [3.05, 3.63) is 97.2 Å². The zero-order chi connectivity index (χ0) is 46.5.